The number of thiazole rings is 1. The first-order valence-electron chi connectivity index (χ1n) is 6.10. The number of piperidine rings is 1. The van der Waals surface area contributed by atoms with Crippen LogP contribution in [0.4, 0.5) is 0 Å². The smallest absolute Gasteiger partial charge is 0.0942 e. The SMILES string of the molecule is CC(O)c1csc(CCN2CCCCC2)n1. The van der Waals surface area contributed by atoms with E-state index in [0.717, 1.165) is 23.7 Å². The highest BCUT2D eigenvalue weighted by molar-refractivity contribution is 7.09. The molecule has 1 unspecified atom stereocenters. The van der Waals surface area contributed by atoms with E-state index in [0.29, 0.717) is 0 Å². The number of rotatable bonds is 4. The normalized spacial score (nSPS) is 19.9. The van der Waals surface area contributed by atoms with Crippen LogP contribution in [0.25, 0.3) is 0 Å². The summed E-state index contributed by atoms with van der Waals surface area (Å²) in [4.78, 5) is 6.96. The number of likely N-dealkylation sites (tertiary alicyclic amines) is 1. The summed E-state index contributed by atoms with van der Waals surface area (Å²) in [6.07, 6.45) is 4.67. The van der Waals surface area contributed by atoms with Crippen molar-refractivity contribution in [1.29, 1.82) is 0 Å². The summed E-state index contributed by atoms with van der Waals surface area (Å²) in [6.45, 7) is 5.37. The summed E-state index contributed by atoms with van der Waals surface area (Å²) in [5.41, 5.74) is 0.818. The van der Waals surface area contributed by atoms with Gasteiger partial charge in [-0.05, 0) is 32.9 Å². The number of hydrogen-bond acceptors (Lipinski definition) is 4. The van der Waals surface area contributed by atoms with Crippen LogP contribution >= 0.6 is 11.3 Å². The lowest BCUT2D eigenvalue weighted by Gasteiger charge is -2.25. The van der Waals surface area contributed by atoms with Gasteiger partial charge in [-0.3, -0.25) is 0 Å². The first-order chi connectivity index (χ1) is 7.75. The minimum Gasteiger partial charge on any atom is -0.387 e. The van der Waals surface area contributed by atoms with Gasteiger partial charge in [0, 0.05) is 18.3 Å². The van der Waals surface area contributed by atoms with Crippen molar-refractivity contribution in [3.05, 3.63) is 16.1 Å². The third kappa shape index (κ3) is 3.27. The molecule has 0 radical (unpaired) electrons. The average Bonchev–Trinajstić information content (AvgIpc) is 2.76. The minimum atomic E-state index is -0.431. The Bertz CT molecular complexity index is 319. The molecule has 4 heteroatoms. The predicted octanol–water partition coefficient (Wildman–Crippen LogP) is 2.22. The number of aromatic nitrogens is 1. The summed E-state index contributed by atoms with van der Waals surface area (Å²) in [6, 6.07) is 0. The van der Waals surface area contributed by atoms with E-state index in [2.05, 4.69) is 9.88 Å². The van der Waals surface area contributed by atoms with Crippen LogP contribution in [-0.4, -0.2) is 34.6 Å². The van der Waals surface area contributed by atoms with Gasteiger partial charge >= 0.3 is 0 Å². The molecule has 16 heavy (non-hydrogen) atoms. The van der Waals surface area contributed by atoms with Crippen molar-refractivity contribution >= 4 is 11.3 Å². The monoisotopic (exact) mass is 240 g/mol. The molecule has 1 aliphatic rings. The van der Waals surface area contributed by atoms with Gasteiger partial charge in [-0.15, -0.1) is 11.3 Å². The first-order valence-corrected chi connectivity index (χ1v) is 6.98. The molecule has 2 heterocycles. The Hall–Kier alpha value is -0.450. The van der Waals surface area contributed by atoms with E-state index in [1.165, 1.54) is 32.4 Å². The van der Waals surface area contributed by atoms with Crippen molar-refractivity contribution in [2.45, 2.75) is 38.7 Å². The lowest BCUT2D eigenvalue weighted by Crippen LogP contribution is -2.31. The van der Waals surface area contributed by atoms with Gasteiger partial charge in [0.2, 0.25) is 0 Å². The average molecular weight is 240 g/mol. The Morgan fingerprint density at radius 1 is 1.44 bits per heavy atom. The lowest BCUT2D eigenvalue weighted by molar-refractivity contribution is 0.194. The van der Waals surface area contributed by atoms with E-state index in [4.69, 9.17) is 0 Å². The largest absolute Gasteiger partial charge is 0.387 e. The van der Waals surface area contributed by atoms with Gasteiger partial charge in [0.25, 0.3) is 0 Å². The first kappa shape index (κ1) is 12.0. The molecule has 0 saturated carbocycles. The summed E-state index contributed by atoms with van der Waals surface area (Å²) >= 11 is 1.67. The number of hydrogen-bond donors (Lipinski definition) is 1. The van der Waals surface area contributed by atoms with Crippen molar-refractivity contribution < 1.29 is 5.11 Å². The molecule has 90 valence electrons. The molecule has 0 aliphatic carbocycles. The van der Waals surface area contributed by atoms with Crippen LogP contribution in [0.2, 0.25) is 0 Å². The van der Waals surface area contributed by atoms with E-state index >= 15 is 0 Å². The highest BCUT2D eigenvalue weighted by Gasteiger charge is 2.11. The van der Waals surface area contributed by atoms with E-state index < -0.39 is 6.10 Å². The molecule has 1 saturated heterocycles. The highest BCUT2D eigenvalue weighted by Crippen LogP contribution is 2.17. The molecule has 2 rings (SSSR count). The molecule has 1 fully saturated rings. The van der Waals surface area contributed by atoms with Crippen LogP contribution in [0.1, 0.15) is 43.0 Å². The Morgan fingerprint density at radius 3 is 2.81 bits per heavy atom. The number of aliphatic hydroxyl groups is 1. The van der Waals surface area contributed by atoms with E-state index in [9.17, 15) is 5.11 Å². The molecule has 3 nitrogen and oxygen atoms in total. The second-order valence-corrected chi connectivity index (χ2v) is 5.44. The minimum absolute atomic E-state index is 0.431. The van der Waals surface area contributed by atoms with Crippen molar-refractivity contribution in [3.63, 3.8) is 0 Å². The van der Waals surface area contributed by atoms with Gasteiger partial charge in [-0.1, -0.05) is 6.42 Å². The van der Waals surface area contributed by atoms with Gasteiger partial charge in [-0.25, -0.2) is 4.98 Å². The quantitative estimate of drug-likeness (QED) is 0.876. The molecule has 1 N–H and O–H groups in total. The van der Waals surface area contributed by atoms with Crippen LogP contribution in [0, 0.1) is 0 Å². The predicted molar refractivity (Wildman–Crippen MR) is 66.7 cm³/mol. The van der Waals surface area contributed by atoms with Gasteiger partial charge in [0.05, 0.1) is 16.8 Å². The lowest BCUT2D eigenvalue weighted by atomic mass is 10.1. The highest BCUT2D eigenvalue weighted by atomic mass is 32.1. The second kappa shape index (κ2) is 5.75. The summed E-state index contributed by atoms with van der Waals surface area (Å²) in [5.74, 6) is 0. The maximum atomic E-state index is 9.39. The van der Waals surface area contributed by atoms with Crippen molar-refractivity contribution in [1.82, 2.24) is 9.88 Å². The molecular weight excluding hydrogens is 220 g/mol. The molecule has 0 aromatic carbocycles. The molecule has 0 amide bonds. The summed E-state index contributed by atoms with van der Waals surface area (Å²) in [5, 5.41) is 12.5. The third-order valence-corrected chi connectivity index (χ3v) is 4.01. The van der Waals surface area contributed by atoms with E-state index in [1.807, 2.05) is 5.38 Å². The zero-order valence-electron chi connectivity index (χ0n) is 9.85. The molecule has 0 spiro atoms. The van der Waals surface area contributed by atoms with Crippen molar-refractivity contribution in [2.75, 3.05) is 19.6 Å². The molecule has 0 bridgehead atoms. The van der Waals surface area contributed by atoms with Crippen molar-refractivity contribution in [3.8, 4) is 0 Å². The molecule has 1 atom stereocenters. The molecule has 1 aliphatic heterocycles. The van der Waals surface area contributed by atoms with Gasteiger partial charge in [-0.2, -0.15) is 0 Å². The van der Waals surface area contributed by atoms with Gasteiger partial charge in [0.1, 0.15) is 0 Å². The Kier molecular flexibility index (Phi) is 4.32. The van der Waals surface area contributed by atoms with Crippen LogP contribution in [0.5, 0.6) is 0 Å². The van der Waals surface area contributed by atoms with Crippen LogP contribution in [0.15, 0.2) is 5.38 Å². The Labute approximate surface area is 101 Å². The fraction of sp³-hybridized carbons (Fsp3) is 0.750. The maximum absolute atomic E-state index is 9.39. The maximum Gasteiger partial charge on any atom is 0.0942 e. The fourth-order valence-electron chi connectivity index (χ4n) is 2.07. The zero-order chi connectivity index (χ0) is 11.4. The molecule has 1 aromatic rings. The van der Waals surface area contributed by atoms with Crippen LogP contribution in [0.3, 0.4) is 0 Å². The Balaban J connectivity index is 1.79. The molecular formula is C12H20N2OS. The molecule has 1 aromatic heterocycles. The second-order valence-electron chi connectivity index (χ2n) is 4.49. The topological polar surface area (TPSA) is 36.4 Å². The van der Waals surface area contributed by atoms with E-state index in [-0.39, 0.29) is 0 Å². The third-order valence-electron chi connectivity index (χ3n) is 3.09. The van der Waals surface area contributed by atoms with Crippen LogP contribution in [-0.2, 0) is 6.42 Å². The number of nitrogens with zero attached hydrogens (tertiary/aromatic N) is 2. The van der Waals surface area contributed by atoms with Gasteiger partial charge < -0.3 is 10.0 Å². The van der Waals surface area contributed by atoms with E-state index in [1.54, 1.807) is 18.3 Å². The van der Waals surface area contributed by atoms with Crippen LogP contribution < -0.4 is 0 Å². The number of aliphatic hydroxyl groups excluding tert-OH is 1. The van der Waals surface area contributed by atoms with Crippen molar-refractivity contribution in [2.24, 2.45) is 0 Å². The standard InChI is InChI=1S/C12H20N2OS/c1-10(15)11-9-16-12(13-11)5-8-14-6-3-2-4-7-14/h9-10,15H,2-8H2,1H3. The summed E-state index contributed by atoms with van der Waals surface area (Å²) < 4.78 is 0. The fourth-order valence-corrected chi connectivity index (χ4v) is 2.94. The summed E-state index contributed by atoms with van der Waals surface area (Å²) in [7, 11) is 0. The Morgan fingerprint density at radius 2 is 2.19 bits per heavy atom. The zero-order valence-corrected chi connectivity index (χ0v) is 10.7. The van der Waals surface area contributed by atoms with Gasteiger partial charge in [0.15, 0.2) is 0 Å².